The fraction of sp³-hybridized carbons (Fsp3) is 0.583. The van der Waals surface area contributed by atoms with Gasteiger partial charge in [-0.05, 0) is 12.0 Å². The van der Waals surface area contributed by atoms with Gasteiger partial charge >= 0.3 is 5.97 Å². The van der Waals surface area contributed by atoms with Gasteiger partial charge in [-0.3, -0.25) is 4.90 Å². The van der Waals surface area contributed by atoms with E-state index in [1.54, 1.807) is 6.07 Å². The van der Waals surface area contributed by atoms with E-state index in [-0.39, 0.29) is 12.0 Å². The standard InChI is InChI=1S/C12H18N2O3/c1-8-5-14(6-10(8)13)7-11-9(3-4-17-11)12(15)16-2/h3-4,8,10H,5-7,13H2,1-2H3. The number of furan rings is 1. The topological polar surface area (TPSA) is 68.7 Å². The lowest BCUT2D eigenvalue weighted by Crippen LogP contribution is -2.28. The van der Waals surface area contributed by atoms with Crippen molar-refractivity contribution in [3.05, 3.63) is 23.7 Å². The van der Waals surface area contributed by atoms with Gasteiger partial charge in [0.1, 0.15) is 11.3 Å². The Hall–Kier alpha value is -1.33. The highest BCUT2D eigenvalue weighted by Gasteiger charge is 2.28. The molecule has 1 aliphatic rings. The fourth-order valence-electron chi connectivity index (χ4n) is 2.18. The number of nitrogens with two attached hydrogens (primary N) is 1. The SMILES string of the molecule is COC(=O)c1ccoc1CN1CC(C)C(N)C1. The van der Waals surface area contributed by atoms with E-state index >= 15 is 0 Å². The molecular formula is C12H18N2O3. The minimum atomic E-state index is -0.356. The van der Waals surface area contributed by atoms with Crippen LogP contribution in [-0.4, -0.2) is 37.1 Å². The Bertz CT molecular complexity index is 392. The molecule has 0 bridgehead atoms. The minimum Gasteiger partial charge on any atom is -0.467 e. The van der Waals surface area contributed by atoms with Crippen molar-refractivity contribution in [3.63, 3.8) is 0 Å². The van der Waals surface area contributed by atoms with Gasteiger partial charge in [-0.15, -0.1) is 0 Å². The summed E-state index contributed by atoms with van der Waals surface area (Å²) in [6.07, 6.45) is 1.51. The van der Waals surface area contributed by atoms with Crippen LogP contribution in [0.4, 0.5) is 0 Å². The Morgan fingerprint density at radius 3 is 3.00 bits per heavy atom. The molecule has 0 amide bonds. The van der Waals surface area contributed by atoms with Crippen LogP contribution in [0.5, 0.6) is 0 Å². The van der Waals surface area contributed by atoms with Crippen LogP contribution in [0.1, 0.15) is 23.0 Å². The quantitative estimate of drug-likeness (QED) is 0.790. The molecule has 0 spiro atoms. The molecule has 5 heteroatoms. The zero-order chi connectivity index (χ0) is 12.4. The molecule has 0 radical (unpaired) electrons. The Labute approximate surface area is 101 Å². The normalized spacial score (nSPS) is 25.1. The van der Waals surface area contributed by atoms with Gasteiger partial charge in [0.05, 0.1) is 19.9 Å². The molecule has 17 heavy (non-hydrogen) atoms. The predicted octanol–water partition coefficient (Wildman–Crippen LogP) is 0.845. The lowest BCUT2D eigenvalue weighted by molar-refractivity contribution is 0.0596. The average molecular weight is 238 g/mol. The Kier molecular flexibility index (Phi) is 3.49. The molecule has 2 unspecified atom stereocenters. The van der Waals surface area contributed by atoms with Crippen molar-refractivity contribution in [1.82, 2.24) is 4.90 Å². The van der Waals surface area contributed by atoms with Crippen LogP contribution in [0.25, 0.3) is 0 Å². The van der Waals surface area contributed by atoms with Crippen LogP contribution in [0.15, 0.2) is 16.7 Å². The molecule has 1 aliphatic heterocycles. The first-order chi connectivity index (χ1) is 8.11. The number of carbonyl (C=O) groups is 1. The molecule has 2 N–H and O–H groups in total. The number of rotatable bonds is 3. The van der Waals surface area contributed by atoms with E-state index in [4.69, 9.17) is 14.9 Å². The third-order valence-electron chi connectivity index (χ3n) is 3.26. The summed E-state index contributed by atoms with van der Waals surface area (Å²) in [4.78, 5) is 13.7. The average Bonchev–Trinajstić information content (AvgIpc) is 2.86. The maximum absolute atomic E-state index is 11.5. The zero-order valence-electron chi connectivity index (χ0n) is 10.2. The van der Waals surface area contributed by atoms with Crippen LogP contribution < -0.4 is 5.73 Å². The molecular weight excluding hydrogens is 220 g/mol. The number of esters is 1. The first-order valence-electron chi connectivity index (χ1n) is 5.74. The van der Waals surface area contributed by atoms with Crippen molar-refractivity contribution in [1.29, 1.82) is 0 Å². The summed E-state index contributed by atoms with van der Waals surface area (Å²) < 4.78 is 10.0. The van der Waals surface area contributed by atoms with Crippen LogP contribution >= 0.6 is 0 Å². The molecule has 0 saturated carbocycles. The first-order valence-corrected chi connectivity index (χ1v) is 5.74. The number of hydrogen-bond acceptors (Lipinski definition) is 5. The second kappa shape index (κ2) is 4.89. The maximum Gasteiger partial charge on any atom is 0.341 e. The Morgan fingerprint density at radius 2 is 2.41 bits per heavy atom. The molecule has 0 aromatic carbocycles. The van der Waals surface area contributed by atoms with Gasteiger partial charge in [0.25, 0.3) is 0 Å². The minimum absolute atomic E-state index is 0.200. The highest BCUT2D eigenvalue weighted by Crippen LogP contribution is 2.20. The molecule has 1 aromatic rings. The molecule has 1 saturated heterocycles. The maximum atomic E-state index is 11.5. The van der Waals surface area contributed by atoms with Gasteiger partial charge in [-0.2, -0.15) is 0 Å². The van der Waals surface area contributed by atoms with Crippen LogP contribution in [-0.2, 0) is 11.3 Å². The van der Waals surface area contributed by atoms with Crippen LogP contribution in [0, 0.1) is 5.92 Å². The van der Waals surface area contributed by atoms with E-state index in [0.29, 0.717) is 23.8 Å². The molecule has 1 fully saturated rings. The second-order valence-electron chi connectivity index (χ2n) is 4.58. The Morgan fingerprint density at radius 1 is 1.65 bits per heavy atom. The van der Waals surface area contributed by atoms with Gasteiger partial charge < -0.3 is 14.9 Å². The summed E-state index contributed by atoms with van der Waals surface area (Å²) in [6.45, 7) is 4.51. The zero-order valence-corrected chi connectivity index (χ0v) is 10.2. The van der Waals surface area contributed by atoms with E-state index in [9.17, 15) is 4.79 Å². The molecule has 0 aliphatic carbocycles. The van der Waals surface area contributed by atoms with Crippen LogP contribution in [0.3, 0.4) is 0 Å². The summed E-state index contributed by atoms with van der Waals surface area (Å²) in [6, 6.07) is 1.84. The fourth-order valence-corrected chi connectivity index (χ4v) is 2.18. The summed E-state index contributed by atoms with van der Waals surface area (Å²) in [5, 5.41) is 0. The van der Waals surface area contributed by atoms with Crippen LogP contribution in [0.2, 0.25) is 0 Å². The number of hydrogen-bond donors (Lipinski definition) is 1. The van der Waals surface area contributed by atoms with E-state index in [0.717, 1.165) is 13.1 Å². The van der Waals surface area contributed by atoms with Crippen molar-refractivity contribution < 1.29 is 13.9 Å². The van der Waals surface area contributed by atoms with E-state index < -0.39 is 0 Å². The van der Waals surface area contributed by atoms with Gasteiger partial charge in [0.15, 0.2) is 0 Å². The number of carbonyl (C=O) groups excluding carboxylic acids is 1. The van der Waals surface area contributed by atoms with Crippen molar-refractivity contribution in [2.24, 2.45) is 11.7 Å². The summed E-state index contributed by atoms with van der Waals surface area (Å²) in [7, 11) is 1.37. The third-order valence-corrected chi connectivity index (χ3v) is 3.26. The van der Waals surface area contributed by atoms with Crippen molar-refractivity contribution in [2.45, 2.75) is 19.5 Å². The van der Waals surface area contributed by atoms with Crippen molar-refractivity contribution >= 4 is 5.97 Å². The monoisotopic (exact) mass is 238 g/mol. The van der Waals surface area contributed by atoms with E-state index in [1.165, 1.54) is 13.4 Å². The van der Waals surface area contributed by atoms with Crippen molar-refractivity contribution in [3.8, 4) is 0 Å². The lowest BCUT2D eigenvalue weighted by Gasteiger charge is -2.13. The molecule has 5 nitrogen and oxygen atoms in total. The number of ether oxygens (including phenoxy) is 1. The van der Waals surface area contributed by atoms with Gasteiger partial charge in [-0.1, -0.05) is 6.92 Å². The molecule has 2 heterocycles. The predicted molar refractivity (Wildman–Crippen MR) is 62.5 cm³/mol. The molecule has 94 valence electrons. The van der Waals surface area contributed by atoms with Gasteiger partial charge in [-0.25, -0.2) is 4.79 Å². The third kappa shape index (κ3) is 2.50. The van der Waals surface area contributed by atoms with Crippen molar-refractivity contribution in [2.75, 3.05) is 20.2 Å². The van der Waals surface area contributed by atoms with E-state index in [2.05, 4.69) is 11.8 Å². The Balaban J connectivity index is 2.04. The van der Waals surface area contributed by atoms with Gasteiger partial charge in [0, 0.05) is 19.1 Å². The number of likely N-dealkylation sites (tertiary alicyclic amines) is 1. The number of nitrogens with zero attached hydrogens (tertiary/aromatic N) is 1. The van der Waals surface area contributed by atoms with E-state index in [1.807, 2.05) is 0 Å². The second-order valence-corrected chi connectivity index (χ2v) is 4.58. The van der Waals surface area contributed by atoms with Gasteiger partial charge in [0.2, 0.25) is 0 Å². The molecule has 1 aromatic heterocycles. The highest BCUT2D eigenvalue weighted by atomic mass is 16.5. The summed E-state index contributed by atoms with van der Waals surface area (Å²) in [5.74, 6) is 0.773. The largest absolute Gasteiger partial charge is 0.467 e. The summed E-state index contributed by atoms with van der Waals surface area (Å²) >= 11 is 0. The first kappa shape index (κ1) is 12.1. The highest BCUT2D eigenvalue weighted by molar-refractivity contribution is 5.90. The molecule has 2 atom stereocenters. The summed E-state index contributed by atoms with van der Waals surface area (Å²) in [5.41, 5.74) is 6.46. The lowest BCUT2D eigenvalue weighted by atomic mass is 10.1. The number of methoxy groups -OCH3 is 1. The molecule has 2 rings (SSSR count). The smallest absolute Gasteiger partial charge is 0.341 e.